The van der Waals surface area contributed by atoms with Crippen molar-refractivity contribution in [2.45, 2.75) is 95.9 Å². The molecular weight excluding hydrogens is 354 g/mol. The highest BCUT2D eigenvalue weighted by Crippen LogP contribution is 2.11. The summed E-state index contributed by atoms with van der Waals surface area (Å²) in [6, 6.07) is 0. The first kappa shape index (κ1) is 23.8. The zero-order valence-corrected chi connectivity index (χ0v) is 16.2. The van der Waals surface area contributed by atoms with Crippen LogP contribution in [0.1, 0.15) is 57.5 Å². The lowest BCUT2D eigenvalue weighted by Gasteiger charge is -2.16. The molecule has 0 amide bonds. The average Bonchev–Trinajstić information content (AvgIpc) is 2.43. The number of nitrogens with zero attached hydrogens (tertiary/aromatic N) is 3. The molecule has 9 heteroatoms. The zero-order chi connectivity index (χ0) is 20.6. The van der Waals surface area contributed by atoms with E-state index < -0.39 is 36.6 Å². The number of aliphatic hydroxyl groups is 6. The van der Waals surface area contributed by atoms with Crippen molar-refractivity contribution in [2.75, 3.05) is 0 Å². The van der Waals surface area contributed by atoms with Crippen molar-refractivity contribution in [3.8, 4) is 0 Å². The van der Waals surface area contributed by atoms with E-state index in [4.69, 9.17) is 0 Å². The summed E-state index contributed by atoms with van der Waals surface area (Å²) >= 11 is 0. The molecule has 0 radical (unpaired) electrons. The molecule has 0 aliphatic rings. The predicted molar refractivity (Wildman–Crippen MR) is 97.9 cm³/mol. The highest BCUT2D eigenvalue weighted by molar-refractivity contribution is 5.01. The van der Waals surface area contributed by atoms with Gasteiger partial charge >= 0.3 is 0 Å². The van der Waals surface area contributed by atoms with Crippen LogP contribution < -0.4 is 0 Å². The average molecular weight is 387 g/mol. The summed E-state index contributed by atoms with van der Waals surface area (Å²) in [5.41, 5.74) is 0. The van der Waals surface area contributed by atoms with Crippen LogP contribution in [0.4, 0.5) is 0 Å². The third-order valence-electron chi connectivity index (χ3n) is 3.87. The van der Waals surface area contributed by atoms with Gasteiger partial charge in [-0.3, -0.25) is 0 Å². The van der Waals surface area contributed by atoms with E-state index in [0.717, 1.165) is 0 Å². The summed E-state index contributed by atoms with van der Waals surface area (Å²) in [6.45, 7) is 4.73. The SMILES string of the molecule is CC(O)CC(O)Cc1nc(CC(O)CC(C)O)nc(CC(O)CC(C)O)n1. The van der Waals surface area contributed by atoms with Crippen molar-refractivity contribution in [1.82, 2.24) is 15.0 Å². The van der Waals surface area contributed by atoms with Crippen LogP contribution in [0.2, 0.25) is 0 Å². The molecule has 1 heterocycles. The molecule has 27 heavy (non-hydrogen) atoms. The number of hydrogen-bond acceptors (Lipinski definition) is 9. The number of rotatable bonds is 12. The third kappa shape index (κ3) is 10.6. The van der Waals surface area contributed by atoms with Gasteiger partial charge in [-0.25, -0.2) is 15.0 Å². The van der Waals surface area contributed by atoms with Gasteiger partial charge in [0.2, 0.25) is 0 Å². The molecule has 6 atom stereocenters. The molecule has 0 aromatic carbocycles. The molecular formula is C18H33N3O6. The maximum atomic E-state index is 10.0. The molecule has 0 aliphatic carbocycles. The Hall–Kier alpha value is -1.23. The van der Waals surface area contributed by atoms with Gasteiger partial charge in [0.25, 0.3) is 0 Å². The molecule has 0 saturated heterocycles. The molecule has 9 nitrogen and oxygen atoms in total. The van der Waals surface area contributed by atoms with Crippen molar-refractivity contribution in [3.63, 3.8) is 0 Å². The fourth-order valence-electron chi connectivity index (χ4n) is 2.86. The first-order valence-corrected chi connectivity index (χ1v) is 9.36. The van der Waals surface area contributed by atoms with Crippen LogP contribution in [0.5, 0.6) is 0 Å². The van der Waals surface area contributed by atoms with E-state index in [9.17, 15) is 30.6 Å². The van der Waals surface area contributed by atoms with Gasteiger partial charge in [-0.05, 0) is 40.0 Å². The van der Waals surface area contributed by atoms with Crippen LogP contribution in [-0.4, -0.2) is 82.2 Å². The third-order valence-corrected chi connectivity index (χ3v) is 3.87. The Morgan fingerprint density at radius 2 is 0.741 bits per heavy atom. The molecule has 6 unspecified atom stereocenters. The molecule has 1 aromatic rings. The van der Waals surface area contributed by atoms with Crippen LogP contribution in [0.25, 0.3) is 0 Å². The first-order valence-electron chi connectivity index (χ1n) is 9.36. The van der Waals surface area contributed by atoms with Crippen molar-refractivity contribution >= 4 is 0 Å². The maximum Gasteiger partial charge on any atom is 0.135 e. The second kappa shape index (κ2) is 11.6. The van der Waals surface area contributed by atoms with Crippen molar-refractivity contribution in [2.24, 2.45) is 0 Å². The highest BCUT2D eigenvalue weighted by Gasteiger charge is 2.18. The minimum Gasteiger partial charge on any atom is -0.393 e. The fraction of sp³-hybridized carbons (Fsp3) is 0.833. The van der Waals surface area contributed by atoms with Gasteiger partial charge in [-0.2, -0.15) is 0 Å². The molecule has 0 saturated carbocycles. The molecule has 156 valence electrons. The summed E-state index contributed by atoms with van der Waals surface area (Å²) in [6.07, 6.45) is -3.67. The van der Waals surface area contributed by atoms with Crippen molar-refractivity contribution in [3.05, 3.63) is 17.5 Å². The van der Waals surface area contributed by atoms with Crippen LogP contribution in [0.3, 0.4) is 0 Å². The second-order valence-electron chi connectivity index (χ2n) is 7.41. The second-order valence-corrected chi connectivity index (χ2v) is 7.41. The maximum absolute atomic E-state index is 10.0. The van der Waals surface area contributed by atoms with Crippen LogP contribution in [0.15, 0.2) is 0 Å². The van der Waals surface area contributed by atoms with Crippen molar-refractivity contribution in [1.29, 1.82) is 0 Å². The quantitative estimate of drug-likeness (QED) is 0.261. The van der Waals surface area contributed by atoms with Gasteiger partial charge in [0, 0.05) is 19.3 Å². The predicted octanol–water partition coefficient (Wildman–Crippen LogP) is -1.11. The Morgan fingerprint density at radius 3 is 0.926 bits per heavy atom. The van der Waals surface area contributed by atoms with E-state index in [1.807, 2.05) is 0 Å². The lowest BCUT2D eigenvalue weighted by Crippen LogP contribution is -2.24. The summed E-state index contributed by atoms with van der Waals surface area (Å²) in [4.78, 5) is 12.8. The fourth-order valence-corrected chi connectivity index (χ4v) is 2.86. The number of hydrogen-bond donors (Lipinski definition) is 6. The highest BCUT2D eigenvalue weighted by atomic mass is 16.3. The van der Waals surface area contributed by atoms with Crippen molar-refractivity contribution < 1.29 is 30.6 Å². The Kier molecular flexibility index (Phi) is 10.2. The van der Waals surface area contributed by atoms with E-state index in [2.05, 4.69) is 15.0 Å². The van der Waals surface area contributed by atoms with Gasteiger partial charge in [0.15, 0.2) is 0 Å². The Labute approximate surface area is 159 Å². The molecule has 0 fully saturated rings. The summed E-state index contributed by atoms with van der Waals surface area (Å²) in [5.74, 6) is 0.907. The monoisotopic (exact) mass is 387 g/mol. The minimum absolute atomic E-state index is 0.104. The molecule has 0 bridgehead atoms. The molecule has 0 spiro atoms. The Morgan fingerprint density at radius 1 is 0.519 bits per heavy atom. The minimum atomic E-state index is -0.835. The van der Waals surface area contributed by atoms with Gasteiger partial charge in [0.1, 0.15) is 17.5 Å². The van der Waals surface area contributed by atoms with Crippen LogP contribution in [0, 0.1) is 0 Å². The zero-order valence-electron chi connectivity index (χ0n) is 16.2. The van der Waals surface area contributed by atoms with E-state index >= 15 is 0 Å². The summed E-state index contributed by atoms with van der Waals surface area (Å²) in [5, 5.41) is 58.3. The largest absolute Gasteiger partial charge is 0.393 e. The summed E-state index contributed by atoms with van der Waals surface area (Å²) < 4.78 is 0. The van der Waals surface area contributed by atoms with E-state index in [0.29, 0.717) is 17.5 Å². The molecule has 6 N–H and O–H groups in total. The first-order chi connectivity index (χ1) is 12.5. The standard InChI is InChI=1S/C18H33N3O6/c1-10(22)4-13(25)7-16-19-17(8-14(26)5-11(2)23)21-18(20-16)9-15(27)6-12(3)24/h10-15,22-27H,4-9H2,1-3H3. The van der Waals surface area contributed by atoms with Gasteiger partial charge in [-0.1, -0.05) is 0 Å². The smallest absolute Gasteiger partial charge is 0.135 e. The van der Waals surface area contributed by atoms with E-state index in [1.54, 1.807) is 20.8 Å². The Bertz CT molecular complexity index is 467. The topological polar surface area (TPSA) is 160 Å². The summed E-state index contributed by atoms with van der Waals surface area (Å²) in [7, 11) is 0. The molecule has 1 rings (SSSR count). The van der Waals surface area contributed by atoms with Crippen LogP contribution >= 0.6 is 0 Å². The number of aromatic nitrogens is 3. The Balaban J connectivity index is 2.95. The van der Waals surface area contributed by atoms with Gasteiger partial charge in [-0.15, -0.1) is 0 Å². The number of aliphatic hydroxyl groups excluding tert-OH is 6. The van der Waals surface area contributed by atoms with E-state index in [-0.39, 0.29) is 38.5 Å². The normalized spacial score (nSPS) is 18.6. The molecule has 1 aromatic heterocycles. The molecule has 0 aliphatic heterocycles. The lowest BCUT2D eigenvalue weighted by molar-refractivity contribution is 0.0875. The lowest BCUT2D eigenvalue weighted by atomic mass is 10.1. The van der Waals surface area contributed by atoms with Gasteiger partial charge in [0.05, 0.1) is 36.6 Å². The van der Waals surface area contributed by atoms with E-state index in [1.165, 1.54) is 0 Å². The van der Waals surface area contributed by atoms with Gasteiger partial charge < -0.3 is 30.6 Å². The van der Waals surface area contributed by atoms with Crippen LogP contribution in [-0.2, 0) is 19.3 Å².